The van der Waals surface area contributed by atoms with Crippen LogP contribution in [0.2, 0.25) is 10.0 Å². The van der Waals surface area contributed by atoms with E-state index in [-0.39, 0.29) is 18.4 Å². The number of hydrogen-bond acceptors (Lipinski definition) is 6. The van der Waals surface area contributed by atoms with Gasteiger partial charge in [-0.1, -0.05) is 66.5 Å². The van der Waals surface area contributed by atoms with Crippen molar-refractivity contribution in [2.75, 3.05) is 0 Å². The highest BCUT2D eigenvalue weighted by molar-refractivity contribution is 6.39. The zero-order valence-electron chi connectivity index (χ0n) is 20.7. The van der Waals surface area contributed by atoms with E-state index in [2.05, 4.69) is 10.3 Å². The van der Waals surface area contributed by atoms with Crippen molar-refractivity contribution in [2.45, 2.75) is 26.4 Å². The van der Waals surface area contributed by atoms with Crippen molar-refractivity contribution in [2.24, 2.45) is 7.05 Å². The summed E-state index contributed by atoms with van der Waals surface area (Å²) in [6, 6.07) is 18.6. The van der Waals surface area contributed by atoms with Crippen LogP contribution in [0.5, 0.6) is 11.6 Å². The minimum Gasteiger partial charge on any atom is -0.489 e. The Hall–Kier alpha value is -4.01. The van der Waals surface area contributed by atoms with Crippen LogP contribution in [0.4, 0.5) is 4.79 Å². The van der Waals surface area contributed by atoms with Crippen molar-refractivity contribution in [3.63, 3.8) is 0 Å². The molecule has 0 spiro atoms. The number of carboxylic acid groups (broad SMARTS) is 1. The molecule has 0 bridgehead atoms. The van der Waals surface area contributed by atoms with Gasteiger partial charge in [-0.2, -0.15) is 0 Å². The maximum Gasteiger partial charge on any atom is 0.512 e. The smallest absolute Gasteiger partial charge is 0.489 e. The first-order chi connectivity index (χ1) is 18.2. The monoisotopic (exact) mass is 551 g/mol. The summed E-state index contributed by atoms with van der Waals surface area (Å²) in [6.45, 7) is 4.26. The first-order valence-electron chi connectivity index (χ1n) is 11.8. The van der Waals surface area contributed by atoms with Crippen LogP contribution in [0.3, 0.4) is 0 Å². The van der Waals surface area contributed by atoms with Gasteiger partial charge in [0, 0.05) is 18.5 Å². The number of nitrogens with zero attached hydrogens (tertiary/aromatic N) is 3. The van der Waals surface area contributed by atoms with E-state index in [4.69, 9.17) is 42.3 Å². The number of hydrogen-bond donors (Lipinski definition) is 1. The average molecular weight is 552 g/mol. The van der Waals surface area contributed by atoms with Crippen molar-refractivity contribution < 1.29 is 23.9 Å². The van der Waals surface area contributed by atoms with Crippen LogP contribution in [0.15, 0.2) is 65.2 Å². The molecule has 0 aliphatic heterocycles. The minimum absolute atomic E-state index is 0.0530. The number of fused-ring (bicyclic) bond motifs is 1. The zero-order valence-corrected chi connectivity index (χ0v) is 22.2. The Kier molecular flexibility index (Phi) is 7.01. The minimum atomic E-state index is -1.40. The molecular weight excluding hydrogens is 529 g/mol. The molecule has 0 amide bonds. The van der Waals surface area contributed by atoms with Crippen LogP contribution in [0.25, 0.3) is 33.3 Å². The topological polar surface area (TPSA) is 99.6 Å². The fourth-order valence-corrected chi connectivity index (χ4v) is 4.87. The molecule has 8 nitrogen and oxygen atoms in total. The Morgan fingerprint density at radius 3 is 2.39 bits per heavy atom. The summed E-state index contributed by atoms with van der Waals surface area (Å²) in [5.74, 6) is 1.52. The SMILES string of the molecule is CC(C)c1onc(-c2c(Cl)cccc2Cl)c1COc1ccc(-c2ccc3c(OC(=O)O)nn(C)c3c2)cc1. The van der Waals surface area contributed by atoms with E-state index < -0.39 is 6.16 Å². The molecule has 0 aliphatic carbocycles. The summed E-state index contributed by atoms with van der Waals surface area (Å²) < 4.78 is 18.2. The number of ether oxygens (including phenoxy) is 2. The van der Waals surface area contributed by atoms with Crippen LogP contribution in [0.1, 0.15) is 31.1 Å². The van der Waals surface area contributed by atoms with Gasteiger partial charge in [0.05, 0.1) is 26.5 Å². The lowest BCUT2D eigenvalue weighted by molar-refractivity contribution is 0.143. The van der Waals surface area contributed by atoms with Crippen LogP contribution < -0.4 is 9.47 Å². The predicted octanol–water partition coefficient (Wildman–Crippen LogP) is 7.96. The van der Waals surface area contributed by atoms with E-state index in [1.165, 1.54) is 0 Å². The van der Waals surface area contributed by atoms with Crippen molar-refractivity contribution in [3.8, 4) is 34.0 Å². The lowest BCUT2D eigenvalue weighted by Crippen LogP contribution is -2.04. The molecule has 10 heteroatoms. The second-order valence-corrected chi connectivity index (χ2v) is 9.78. The maximum absolute atomic E-state index is 10.9. The Morgan fingerprint density at radius 1 is 1.05 bits per heavy atom. The molecule has 1 N–H and O–H groups in total. The normalized spacial score (nSPS) is 11.3. The molecule has 5 rings (SSSR count). The highest BCUT2D eigenvalue weighted by Gasteiger charge is 2.24. The summed E-state index contributed by atoms with van der Waals surface area (Å²) in [7, 11) is 1.73. The van der Waals surface area contributed by atoms with Gasteiger partial charge in [0.1, 0.15) is 23.8 Å². The van der Waals surface area contributed by atoms with Crippen molar-refractivity contribution in [3.05, 3.63) is 82.0 Å². The number of benzene rings is 3. The van der Waals surface area contributed by atoms with Crippen LogP contribution in [-0.2, 0) is 13.7 Å². The number of halogens is 2. The summed E-state index contributed by atoms with van der Waals surface area (Å²) in [5.41, 5.74) is 4.61. The van der Waals surface area contributed by atoms with Crippen LogP contribution in [0, 0.1) is 0 Å². The van der Waals surface area contributed by atoms with Gasteiger partial charge in [0.15, 0.2) is 0 Å². The molecule has 0 saturated carbocycles. The van der Waals surface area contributed by atoms with Gasteiger partial charge < -0.3 is 19.1 Å². The molecular formula is C28H23Cl2N3O5. The molecule has 0 aliphatic rings. The third kappa shape index (κ3) is 4.92. The number of aromatic nitrogens is 3. The van der Waals surface area contributed by atoms with Crippen LogP contribution >= 0.6 is 23.2 Å². The third-order valence-corrected chi connectivity index (χ3v) is 6.74. The number of aryl methyl sites for hydroxylation is 1. The van der Waals surface area contributed by atoms with E-state index >= 15 is 0 Å². The molecule has 0 saturated heterocycles. The van der Waals surface area contributed by atoms with E-state index in [0.717, 1.165) is 22.2 Å². The first-order valence-corrected chi connectivity index (χ1v) is 12.5. The number of rotatable bonds is 7. The van der Waals surface area contributed by atoms with Crippen molar-refractivity contribution in [1.29, 1.82) is 0 Å². The van der Waals surface area contributed by atoms with Gasteiger partial charge in [-0.25, -0.2) is 4.79 Å². The molecule has 0 radical (unpaired) electrons. The van der Waals surface area contributed by atoms with E-state index in [9.17, 15) is 4.79 Å². The lowest BCUT2D eigenvalue weighted by atomic mass is 10.0. The standard InChI is InChI=1S/C28H23Cl2N3O5/c1-15(2)26-20(25(32-38-26)24-21(29)5-4-6-22(24)30)14-36-18-10-7-16(8-11-18)17-9-12-19-23(13-17)33(3)31-27(19)37-28(34)35/h4-13,15H,14H2,1-3H3,(H,34,35). The maximum atomic E-state index is 10.9. The molecule has 0 unspecified atom stereocenters. The molecule has 194 valence electrons. The second kappa shape index (κ2) is 10.4. The quantitative estimate of drug-likeness (QED) is 0.205. The summed E-state index contributed by atoms with van der Waals surface area (Å²) in [4.78, 5) is 10.9. The highest BCUT2D eigenvalue weighted by atomic mass is 35.5. The average Bonchev–Trinajstić information content (AvgIpc) is 3.43. The van der Waals surface area contributed by atoms with E-state index in [1.54, 1.807) is 36.0 Å². The Morgan fingerprint density at radius 2 is 1.74 bits per heavy atom. The molecule has 0 atom stereocenters. The van der Waals surface area contributed by atoms with Crippen molar-refractivity contribution in [1.82, 2.24) is 14.9 Å². The molecule has 5 aromatic rings. The highest BCUT2D eigenvalue weighted by Crippen LogP contribution is 2.39. The molecule has 0 fully saturated rings. The predicted molar refractivity (Wildman–Crippen MR) is 145 cm³/mol. The Labute approximate surface area is 228 Å². The second-order valence-electron chi connectivity index (χ2n) is 8.97. The fourth-order valence-electron chi connectivity index (χ4n) is 4.30. The first kappa shape index (κ1) is 25.6. The molecule has 2 heterocycles. The largest absolute Gasteiger partial charge is 0.512 e. The van der Waals surface area contributed by atoms with Gasteiger partial charge in [0.2, 0.25) is 0 Å². The molecule has 38 heavy (non-hydrogen) atoms. The van der Waals surface area contributed by atoms with Gasteiger partial charge in [-0.05, 0) is 47.5 Å². The van der Waals surface area contributed by atoms with Gasteiger partial charge in [-0.15, -0.1) is 5.10 Å². The van der Waals surface area contributed by atoms with Gasteiger partial charge >= 0.3 is 6.16 Å². The van der Waals surface area contributed by atoms with E-state index in [0.29, 0.717) is 38.2 Å². The number of carbonyl (C=O) groups is 1. The summed E-state index contributed by atoms with van der Waals surface area (Å²) in [6.07, 6.45) is -1.40. The van der Waals surface area contributed by atoms with E-state index in [1.807, 2.05) is 50.2 Å². The lowest BCUT2D eigenvalue weighted by Gasteiger charge is -2.11. The summed E-state index contributed by atoms with van der Waals surface area (Å²) in [5, 5.41) is 18.9. The zero-order chi connectivity index (χ0) is 27.0. The van der Waals surface area contributed by atoms with Crippen molar-refractivity contribution >= 4 is 40.3 Å². The van der Waals surface area contributed by atoms with Gasteiger partial charge in [0.25, 0.3) is 5.88 Å². The molecule has 2 aromatic heterocycles. The fraction of sp³-hybridized carbons (Fsp3) is 0.179. The molecule has 3 aromatic carbocycles. The summed E-state index contributed by atoms with van der Waals surface area (Å²) >= 11 is 12.9. The Balaban J connectivity index is 1.39. The Bertz CT molecular complexity index is 1620. The third-order valence-electron chi connectivity index (χ3n) is 6.11. The van der Waals surface area contributed by atoms with Crippen LogP contribution in [-0.4, -0.2) is 26.2 Å². The van der Waals surface area contributed by atoms with Gasteiger partial charge in [-0.3, -0.25) is 4.68 Å².